The molecule has 0 fully saturated rings. The number of carbonyl (C=O) groups is 1. The van der Waals surface area contributed by atoms with Gasteiger partial charge in [0.2, 0.25) is 0 Å². The maximum atomic E-state index is 11.2. The van der Waals surface area contributed by atoms with Crippen LogP contribution < -0.4 is 4.90 Å². The first-order chi connectivity index (χ1) is 7.88. The molecule has 0 saturated carbocycles. The van der Waals surface area contributed by atoms with Crippen LogP contribution in [0.5, 0.6) is 0 Å². The number of carboxylic acid groups (broad SMARTS) is 1. The van der Waals surface area contributed by atoms with Gasteiger partial charge in [-0.1, -0.05) is 18.2 Å². The maximum Gasteiger partial charge on any atom is 0.337 e. The highest BCUT2D eigenvalue weighted by atomic mass is 16.4. The number of hydrogen-bond acceptors (Lipinski definition) is 2. The zero-order valence-electron chi connectivity index (χ0n) is 10.6. The predicted molar refractivity (Wildman–Crippen MR) is 70.7 cm³/mol. The highest BCUT2D eigenvalue weighted by Gasteiger charge is 2.24. The van der Waals surface area contributed by atoms with E-state index < -0.39 is 5.97 Å². The summed E-state index contributed by atoms with van der Waals surface area (Å²) in [7, 11) is 0. The molecule has 0 spiro atoms. The molecule has 0 aliphatic rings. The van der Waals surface area contributed by atoms with Crippen LogP contribution in [-0.2, 0) is 0 Å². The van der Waals surface area contributed by atoms with Gasteiger partial charge in [-0.3, -0.25) is 0 Å². The monoisotopic (exact) mass is 233 g/mol. The van der Waals surface area contributed by atoms with Crippen molar-refractivity contribution in [2.24, 2.45) is 0 Å². The van der Waals surface area contributed by atoms with E-state index in [1.165, 1.54) is 0 Å². The average molecular weight is 233 g/mol. The number of para-hydroxylation sites is 1. The van der Waals surface area contributed by atoms with E-state index in [2.05, 4.69) is 27.4 Å². The molecule has 1 N–H and O–H groups in total. The van der Waals surface area contributed by atoms with Gasteiger partial charge in [0.05, 0.1) is 11.3 Å². The molecule has 3 nitrogen and oxygen atoms in total. The Morgan fingerprint density at radius 1 is 1.41 bits per heavy atom. The number of carboxylic acids is 1. The zero-order chi connectivity index (χ0) is 13.1. The lowest BCUT2D eigenvalue weighted by Gasteiger charge is -2.37. The van der Waals surface area contributed by atoms with Gasteiger partial charge in [-0.15, -0.1) is 6.58 Å². The van der Waals surface area contributed by atoms with Gasteiger partial charge in [0.15, 0.2) is 0 Å². The Morgan fingerprint density at radius 2 is 2.00 bits per heavy atom. The summed E-state index contributed by atoms with van der Waals surface area (Å²) in [4.78, 5) is 13.2. The van der Waals surface area contributed by atoms with Gasteiger partial charge in [0.25, 0.3) is 0 Å². The summed E-state index contributed by atoms with van der Waals surface area (Å²) in [6, 6.07) is 7.04. The van der Waals surface area contributed by atoms with E-state index in [9.17, 15) is 9.90 Å². The lowest BCUT2D eigenvalue weighted by Crippen LogP contribution is -2.42. The summed E-state index contributed by atoms with van der Waals surface area (Å²) < 4.78 is 0. The molecule has 92 valence electrons. The molecule has 3 heteroatoms. The largest absolute Gasteiger partial charge is 0.478 e. The van der Waals surface area contributed by atoms with Crippen molar-refractivity contribution in [1.29, 1.82) is 0 Å². The van der Waals surface area contributed by atoms with Gasteiger partial charge in [0, 0.05) is 12.1 Å². The van der Waals surface area contributed by atoms with Crippen molar-refractivity contribution in [3.63, 3.8) is 0 Å². The third kappa shape index (κ3) is 3.09. The summed E-state index contributed by atoms with van der Waals surface area (Å²) >= 11 is 0. The molecule has 0 saturated heterocycles. The molecule has 0 bridgehead atoms. The topological polar surface area (TPSA) is 40.5 Å². The fraction of sp³-hybridized carbons (Fsp3) is 0.357. The quantitative estimate of drug-likeness (QED) is 0.812. The summed E-state index contributed by atoms with van der Waals surface area (Å²) in [6.07, 6.45) is 1.78. The summed E-state index contributed by atoms with van der Waals surface area (Å²) in [6.45, 7) is 10.5. The molecular weight excluding hydrogens is 214 g/mol. The second-order valence-corrected chi connectivity index (χ2v) is 4.89. The van der Waals surface area contributed by atoms with E-state index in [1.54, 1.807) is 18.2 Å². The van der Waals surface area contributed by atoms with Crippen molar-refractivity contribution in [2.75, 3.05) is 11.4 Å². The number of benzene rings is 1. The van der Waals surface area contributed by atoms with Crippen molar-refractivity contribution in [2.45, 2.75) is 26.3 Å². The highest BCUT2D eigenvalue weighted by molar-refractivity contribution is 5.94. The summed E-state index contributed by atoms with van der Waals surface area (Å²) in [5.74, 6) is -0.904. The van der Waals surface area contributed by atoms with Crippen LogP contribution in [-0.4, -0.2) is 23.2 Å². The first kappa shape index (κ1) is 13.3. The van der Waals surface area contributed by atoms with E-state index in [4.69, 9.17) is 0 Å². The second kappa shape index (κ2) is 5.04. The number of rotatable bonds is 4. The van der Waals surface area contributed by atoms with E-state index in [-0.39, 0.29) is 5.54 Å². The third-order valence-electron chi connectivity index (χ3n) is 2.55. The average Bonchev–Trinajstić information content (AvgIpc) is 2.24. The number of aromatic carboxylic acids is 1. The smallest absolute Gasteiger partial charge is 0.337 e. The number of nitrogens with zero attached hydrogens (tertiary/aromatic N) is 1. The van der Waals surface area contributed by atoms with E-state index in [0.29, 0.717) is 12.1 Å². The van der Waals surface area contributed by atoms with Gasteiger partial charge < -0.3 is 10.0 Å². The Balaban J connectivity index is 3.27. The maximum absolute atomic E-state index is 11.2. The fourth-order valence-corrected chi connectivity index (χ4v) is 1.75. The van der Waals surface area contributed by atoms with E-state index in [1.807, 2.05) is 17.0 Å². The van der Waals surface area contributed by atoms with Crippen LogP contribution in [0.3, 0.4) is 0 Å². The van der Waals surface area contributed by atoms with Crippen molar-refractivity contribution < 1.29 is 9.90 Å². The van der Waals surface area contributed by atoms with Gasteiger partial charge in [-0.25, -0.2) is 4.79 Å². The molecule has 0 amide bonds. The minimum atomic E-state index is -0.904. The molecule has 0 radical (unpaired) electrons. The molecule has 0 unspecified atom stereocenters. The Kier molecular flexibility index (Phi) is 3.94. The van der Waals surface area contributed by atoms with Crippen LogP contribution in [0.4, 0.5) is 5.69 Å². The second-order valence-electron chi connectivity index (χ2n) is 4.89. The van der Waals surface area contributed by atoms with Crippen molar-refractivity contribution in [3.05, 3.63) is 42.5 Å². The zero-order valence-corrected chi connectivity index (χ0v) is 10.6. The standard InChI is InChI=1S/C14H19NO2/c1-5-10-15(14(2,3)4)12-9-7-6-8-11(12)13(16)17/h5-9H,1,10H2,2-4H3,(H,16,17). The molecule has 17 heavy (non-hydrogen) atoms. The van der Waals surface area contributed by atoms with Crippen LogP contribution in [0.25, 0.3) is 0 Å². The highest BCUT2D eigenvalue weighted by Crippen LogP contribution is 2.27. The van der Waals surface area contributed by atoms with Crippen molar-refractivity contribution >= 4 is 11.7 Å². The molecule has 1 rings (SSSR count). The van der Waals surface area contributed by atoms with Gasteiger partial charge in [-0.2, -0.15) is 0 Å². The molecular formula is C14H19NO2. The lowest BCUT2D eigenvalue weighted by molar-refractivity contribution is 0.0697. The number of anilines is 1. The molecule has 1 aromatic rings. The first-order valence-corrected chi connectivity index (χ1v) is 5.59. The van der Waals surface area contributed by atoms with Crippen LogP contribution in [0.2, 0.25) is 0 Å². The molecule has 0 heterocycles. The van der Waals surface area contributed by atoms with Gasteiger partial charge in [-0.05, 0) is 32.9 Å². The Hall–Kier alpha value is -1.77. The first-order valence-electron chi connectivity index (χ1n) is 5.59. The van der Waals surface area contributed by atoms with Crippen LogP contribution in [0.15, 0.2) is 36.9 Å². The van der Waals surface area contributed by atoms with Crippen LogP contribution in [0.1, 0.15) is 31.1 Å². The SMILES string of the molecule is C=CCN(c1ccccc1C(=O)O)C(C)(C)C. The van der Waals surface area contributed by atoms with E-state index >= 15 is 0 Å². The predicted octanol–water partition coefficient (Wildman–Crippen LogP) is 3.18. The molecule has 0 atom stereocenters. The van der Waals surface area contributed by atoms with Gasteiger partial charge >= 0.3 is 5.97 Å². The summed E-state index contributed by atoms with van der Waals surface area (Å²) in [5.41, 5.74) is 0.899. The fourth-order valence-electron chi connectivity index (χ4n) is 1.75. The molecule has 1 aromatic carbocycles. The number of hydrogen-bond donors (Lipinski definition) is 1. The van der Waals surface area contributed by atoms with E-state index in [0.717, 1.165) is 5.69 Å². The lowest BCUT2D eigenvalue weighted by atomic mass is 10.0. The minimum absolute atomic E-state index is 0.153. The normalized spacial score (nSPS) is 11.0. The van der Waals surface area contributed by atoms with Gasteiger partial charge in [0.1, 0.15) is 0 Å². The van der Waals surface area contributed by atoms with Crippen LogP contribution in [0, 0.1) is 0 Å². The molecule has 0 aliphatic carbocycles. The van der Waals surface area contributed by atoms with Crippen LogP contribution >= 0.6 is 0 Å². The Bertz CT molecular complexity index is 418. The van der Waals surface area contributed by atoms with Crippen molar-refractivity contribution in [1.82, 2.24) is 0 Å². The molecule has 0 aromatic heterocycles. The van der Waals surface area contributed by atoms with Crippen molar-refractivity contribution in [3.8, 4) is 0 Å². The summed E-state index contributed by atoms with van der Waals surface area (Å²) in [5, 5.41) is 9.20. The minimum Gasteiger partial charge on any atom is -0.478 e. The Morgan fingerprint density at radius 3 is 2.47 bits per heavy atom. The third-order valence-corrected chi connectivity index (χ3v) is 2.55. The molecule has 0 aliphatic heterocycles. The Labute approximate surface area is 102 Å².